The highest BCUT2D eigenvalue weighted by Gasteiger charge is 2.01. The van der Waals surface area contributed by atoms with E-state index in [4.69, 9.17) is 16.9 Å². The van der Waals surface area contributed by atoms with Crippen LogP contribution in [0.5, 0.6) is 0 Å². The van der Waals surface area contributed by atoms with Crippen molar-refractivity contribution in [3.8, 4) is 6.07 Å². The highest BCUT2D eigenvalue weighted by atomic mass is 35.5. The van der Waals surface area contributed by atoms with Crippen molar-refractivity contribution in [3.05, 3.63) is 29.3 Å². The summed E-state index contributed by atoms with van der Waals surface area (Å²) in [5.74, 6) is -0.719. The summed E-state index contributed by atoms with van der Waals surface area (Å²) >= 11 is 5.70. The van der Waals surface area contributed by atoms with Gasteiger partial charge in [-0.1, -0.05) is 23.7 Å². The number of para-hydroxylation sites is 1. The van der Waals surface area contributed by atoms with Crippen LogP contribution in [0.3, 0.4) is 0 Å². The van der Waals surface area contributed by atoms with E-state index in [0.717, 1.165) is 0 Å². The number of carbonyl (C=O) groups is 1. The van der Waals surface area contributed by atoms with E-state index in [1.54, 1.807) is 24.3 Å². The Kier molecular flexibility index (Phi) is 2.67. The molecule has 3 nitrogen and oxygen atoms in total. The van der Waals surface area contributed by atoms with Crippen molar-refractivity contribution in [1.82, 2.24) is 0 Å². The number of anilines is 1. The summed E-state index contributed by atoms with van der Waals surface area (Å²) in [5, 5.41) is 10.9. The molecule has 0 fully saturated rings. The number of amides is 1. The average molecular weight is 181 g/mol. The number of hydrogen-bond donors (Lipinski definition) is 1. The molecule has 60 valence electrons. The molecule has 12 heavy (non-hydrogen) atoms. The van der Waals surface area contributed by atoms with Crippen LogP contribution in [0, 0.1) is 11.3 Å². The first kappa shape index (κ1) is 8.57. The molecule has 0 saturated carbocycles. The van der Waals surface area contributed by atoms with Gasteiger partial charge in [0.25, 0.3) is 0 Å². The van der Waals surface area contributed by atoms with E-state index in [0.29, 0.717) is 10.7 Å². The third-order valence-corrected chi connectivity index (χ3v) is 1.55. The quantitative estimate of drug-likeness (QED) is 0.670. The van der Waals surface area contributed by atoms with Crippen molar-refractivity contribution in [2.24, 2.45) is 0 Å². The highest BCUT2D eigenvalue weighted by molar-refractivity contribution is 6.33. The van der Waals surface area contributed by atoms with Gasteiger partial charge in [-0.3, -0.25) is 4.79 Å². The molecule has 0 heterocycles. The summed E-state index contributed by atoms with van der Waals surface area (Å²) in [6, 6.07) is 8.15. The Morgan fingerprint density at radius 2 is 2.17 bits per heavy atom. The normalized spacial score (nSPS) is 8.67. The van der Waals surface area contributed by atoms with Crippen LogP contribution in [0.1, 0.15) is 0 Å². The fourth-order valence-corrected chi connectivity index (χ4v) is 0.896. The van der Waals surface area contributed by atoms with Gasteiger partial charge in [0.1, 0.15) is 0 Å². The van der Waals surface area contributed by atoms with Gasteiger partial charge in [-0.05, 0) is 12.1 Å². The van der Waals surface area contributed by atoms with E-state index in [2.05, 4.69) is 5.32 Å². The predicted octanol–water partition coefficient (Wildman–Crippen LogP) is 1.80. The molecular weight excluding hydrogens is 176 g/mol. The van der Waals surface area contributed by atoms with Crippen LogP contribution in [0.25, 0.3) is 0 Å². The minimum atomic E-state index is -0.719. The third kappa shape index (κ3) is 1.97. The molecule has 0 atom stereocenters. The molecule has 0 aliphatic heterocycles. The lowest BCUT2D eigenvalue weighted by Crippen LogP contribution is -2.07. The van der Waals surface area contributed by atoms with Crippen LogP contribution < -0.4 is 5.32 Å². The largest absolute Gasteiger partial charge is 0.326 e. The Morgan fingerprint density at radius 1 is 1.50 bits per heavy atom. The molecule has 0 radical (unpaired) electrons. The van der Waals surface area contributed by atoms with Crippen molar-refractivity contribution in [3.63, 3.8) is 0 Å². The first-order valence-corrected chi connectivity index (χ1v) is 3.57. The van der Waals surface area contributed by atoms with Gasteiger partial charge in [-0.2, -0.15) is 5.26 Å². The molecule has 1 amide bonds. The van der Waals surface area contributed by atoms with Gasteiger partial charge >= 0.3 is 5.91 Å². The lowest BCUT2D eigenvalue weighted by Gasteiger charge is -2.00. The number of nitrogens with zero attached hydrogens (tertiary/aromatic N) is 1. The molecular formula is C8H5ClN2O. The molecule has 1 rings (SSSR count). The average Bonchev–Trinajstić information content (AvgIpc) is 2.09. The van der Waals surface area contributed by atoms with E-state index in [1.807, 2.05) is 0 Å². The maximum absolute atomic E-state index is 10.6. The predicted molar refractivity (Wildman–Crippen MR) is 45.7 cm³/mol. The standard InChI is InChI=1S/C8H5ClN2O/c9-6-3-1-2-4-7(6)11-8(12)5-10/h1-4H,(H,11,12). The molecule has 1 aromatic rings. The Bertz CT molecular complexity index is 343. The molecule has 0 saturated heterocycles. The fraction of sp³-hybridized carbons (Fsp3) is 0. The maximum Gasteiger partial charge on any atom is 0.326 e. The summed E-state index contributed by atoms with van der Waals surface area (Å²) in [6.45, 7) is 0. The van der Waals surface area contributed by atoms with Gasteiger partial charge in [-0.25, -0.2) is 0 Å². The molecule has 0 unspecified atom stereocenters. The monoisotopic (exact) mass is 180 g/mol. The smallest absolute Gasteiger partial charge is 0.312 e. The third-order valence-electron chi connectivity index (χ3n) is 1.22. The second kappa shape index (κ2) is 3.74. The van der Waals surface area contributed by atoms with Crippen LogP contribution in [0.4, 0.5) is 5.69 Å². The molecule has 1 aromatic carbocycles. The summed E-state index contributed by atoms with van der Waals surface area (Å²) in [6.07, 6.45) is 0. The number of hydrogen-bond acceptors (Lipinski definition) is 2. The number of carbonyl (C=O) groups excluding carboxylic acids is 1. The Hall–Kier alpha value is -1.53. The van der Waals surface area contributed by atoms with Gasteiger partial charge < -0.3 is 5.32 Å². The number of halogens is 1. The number of nitriles is 1. The van der Waals surface area contributed by atoms with E-state index in [-0.39, 0.29) is 0 Å². The highest BCUT2D eigenvalue weighted by Crippen LogP contribution is 2.19. The van der Waals surface area contributed by atoms with Crippen molar-refractivity contribution < 1.29 is 4.79 Å². The van der Waals surface area contributed by atoms with Crippen LogP contribution >= 0.6 is 11.6 Å². The first-order chi connectivity index (χ1) is 5.74. The molecule has 1 N–H and O–H groups in total. The van der Waals surface area contributed by atoms with E-state index < -0.39 is 5.91 Å². The zero-order valence-electron chi connectivity index (χ0n) is 6.04. The SMILES string of the molecule is N#CC(=O)Nc1ccccc1Cl. The van der Waals surface area contributed by atoms with Gasteiger partial charge in [0.2, 0.25) is 0 Å². The summed E-state index contributed by atoms with van der Waals surface area (Å²) in [7, 11) is 0. The van der Waals surface area contributed by atoms with Gasteiger partial charge in [0, 0.05) is 0 Å². The fourth-order valence-electron chi connectivity index (χ4n) is 0.713. The second-order valence-corrected chi connectivity index (χ2v) is 2.45. The molecule has 0 aliphatic rings. The zero-order chi connectivity index (χ0) is 8.97. The Morgan fingerprint density at radius 3 is 2.75 bits per heavy atom. The maximum atomic E-state index is 10.6. The second-order valence-electron chi connectivity index (χ2n) is 2.05. The van der Waals surface area contributed by atoms with Crippen molar-refractivity contribution in [2.75, 3.05) is 5.32 Å². The van der Waals surface area contributed by atoms with Crippen LogP contribution in [0.15, 0.2) is 24.3 Å². The number of rotatable bonds is 1. The Labute approximate surface area is 74.6 Å². The topological polar surface area (TPSA) is 52.9 Å². The lowest BCUT2D eigenvalue weighted by molar-refractivity contribution is -0.111. The number of nitrogens with one attached hydrogen (secondary N) is 1. The van der Waals surface area contributed by atoms with Crippen molar-refractivity contribution in [2.45, 2.75) is 0 Å². The first-order valence-electron chi connectivity index (χ1n) is 3.19. The van der Waals surface area contributed by atoms with Crippen LogP contribution in [0.2, 0.25) is 5.02 Å². The van der Waals surface area contributed by atoms with E-state index in [9.17, 15) is 4.79 Å². The number of benzene rings is 1. The summed E-state index contributed by atoms with van der Waals surface area (Å²) in [4.78, 5) is 10.6. The van der Waals surface area contributed by atoms with Crippen LogP contribution in [-0.4, -0.2) is 5.91 Å². The van der Waals surface area contributed by atoms with Crippen molar-refractivity contribution in [1.29, 1.82) is 5.26 Å². The summed E-state index contributed by atoms with van der Waals surface area (Å²) < 4.78 is 0. The molecule has 4 heteroatoms. The van der Waals surface area contributed by atoms with Gasteiger partial charge in [-0.15, -0.1) is 0 Å². The van der Waals surface area contributed by atoms with Crippen molar-refractivity contribution >= 4 is 23.2 Å². The lowest BCUT2D eigenvalue weighted by atomic mass is 10.3. The molecule has 0 aromatic heterocycles. The van der Waals surface area contributed by atoms with Gasteiger partial charge in [0.05, 0.1) is 10.7 Å². The molecule has 0 spiro atoms. The Balaban J connectivity index is 2.84. The zero-order valence-corrected chi connectivity index (χ0v) is 6.80. The molecule has 0 aliphatic carbocycles. The molecule has 0 bridgehead atoms. The van der Waals surface area contributed by atoms with Crippen LogP contribution in [-0.2, 0) is 4.79 Å². The van der Waals surface area contributed by atoms with E-state index in [1.165, 1.54) is 6.07 Å². The van der Waals surface area contributed by atoms with Gasteiger partial charge in [0.15, 0.2) is 6.07 Å². The minimum absolute atomic E-state index is 0.418. The van der Waals surface area contributed by atoms with E-state index >= 15 is 0 Å². The summed E-state index contributed by atoms with van der Waals surface area (Å²) in [5.41, 5.74) is 0.450. The minimum Gasteiger partial charge on any atom is -0.312 e.